The van der Waals surface area contributed by atoms with Crippen LogP contribution in [0.4, 0.5) is 0 Å². The quantitative estimate of drug-likeness (QED) is 0.733. The van der Waals surface area contributed by atoms with Crippen molar-refractivity contribution >= 4 is 5.91 Å². The summed E-state index contributed by atoms with van der Waals surface area (Å²) in [4.78, 5) is 15.6. The van der Waals surface area contributed by atoms with E-state index in [9.17, 15) is 4.79 Å². The van der Waals surface area contributed by atoms with Crippen LogP contribution in [0.1, 0.15) is 23.0 Å². The van der Waals surface area contributed by atoms with Gasteiger partial charge < -0.3 is 11.1 Å². The van der Waals surface area contributed by atoms with Gasteiger partial charge in [0, 0.05) is 24.5 Å². The molecule has 1 heterocycles. The van der Waals surface area contributed by atoms with Crippen molar-refractivity contribution in [2.24, 2.45) is 5.73 Å². The van der Waals surface area contributed by atoms with E-state index in [1.165, 1.54) is 0 Å². The Morgan fingerprint density at radius 2 is 2.43 bits per heavy atom. The molecule has 4 heteroatoms. The van der Waals surface area contributed by atoms with Crippen LogP contribution < -0.4 is 11.1 Å². The number of nitrogens with two attached hydrogens (primary N) is 1. The van der Waals surface area contributed by atoms with Gasteiger partial charge in [-0.25, -0.2) is 0 Å². The standard InChI is InChI=1S/C10H15N3O/c1-7(11)6-13-10(14)9-4-3-5-12-8(9)2/h3-5,7H,6,11H2,1-2H3,(H,13,14). The molecule has 1 amide bonds. The van der Waals surface area contributed by atoms with E-state index in [4.69, 9.17) is 5.73 Å². The van der Waals surface area contributed by atoms with E-state index < -0.39 is 0 Å². The van der Waals surface area contributed by atoms with Crippen molar-refractivity contribution in [3.63, 3.8) is 0 Å². The van der Waals surface area contributed by atoms with Gasteiger partial charge in [0.15, 0.2) is 0 Å². The number of nitrogens with zero attached hydrogens (tertiary/aromatic N) is 1. The second-order valence-corrected chi connectivity index (χ2v) is 3.32. The number of carbonyl (C=O) groups is 1. The summed E-state index contributed by atoms with van der Waals surface area (Å²) >= 11 is 0. The summed E-state index contributed by atoms with van der Waals surface area (Å²) in [5.74, 6) is -0.118. The molecule has 3 N–H and O–H groups in total. The zero-order chi connectivity index (χ0) is 10.6. The number of hydrogen-bond acceptors (Lipinski definition) is 3. The van der Waals surface area contributed by atoms with E-state index in [0.29, 0.717) is 12.1 Å². The number of hydrogen-bond donors (Lipinski definition) is 2. The topological polar surface area (TPSA) is 68.0 Å². The lowest BCUT2D eigenvalue weighted by Gasteiger charge is -2.08. The first-order valence-corrected chi connectivity index (χ1v) is 4.56. The van der Waals surface area contributed by atoms with Crippen LogP contribution in [0, 0.1) is 6.92 Å². The molecule has 0 aliphatic heterocycles. The van der Waals surface area contributed by atoms with Gasteiger partial charge in [0.1, 0.15) is 0 Å². The molecule has 1 unspecified atom stereocenters. The average Bonchev–Trinajstić information content (AvgIpc) is 2.15. The summed E-state index contributed by atoms with van der Waals surface area (Å²) < 4.78 is 0. The number of amides is 1. The predicted octanol–water partition coefficient (Wildman–Crippen LogP) is 0.467. The normalized spacial score (nSPS) is 12.2. The Bertz CT molecular complexity index is 323. The van der Waals surface area contributed by atoms with E-state index in [2.05, 4.69) is 10.3 Å². The van der Waals surface area contributed by atoms with Gasteiger partial charge in [0.2, 0.25) is 0 Å². The van der Waals surface area contributed by atoms with Crippen LogP contribution in [0.2, 0.25) is 0 Å². The zero-order valence-electron chi connectivity index (χ0n) is 8.45. The summed E-state index contributed by atoms with van der Waals surface area (Å²) in [7, 11) is 0. The predicted molar refractivity (Wildman–Crippen MR) is 55.0 cm³/mol. The van der Waals surface area contributed by atoms with Gasteiger partial charge in [0.25, 0.3) is 5.91 Å². The number of rotatable bonds is 3. The Labute approximate surface area is 83.5 Å². The second-order valence-electron chi connectivity index (χ2n) is 3.32. The van der Waals surface area contributed by atoms with Gasteiger partial charge in [-0.05, 0) is 26.0 Å². The Hall–Kier alpha value is -1.42. The number of aromatic nitrogens is 1. The molecule has 1 rings (SSSR count). The number of aryl methyl sites for hydroxylation is 1. The molecule has 1 atom stereocenters. The van der Waals surface area contributed by atoms with Crippen molar-refractivity contribution in [2.75, 3.05) is 6.54 Å². The van der Waals surface area contributed by atoms with Crippen molar-refractivity contribution in [3.05, 3.63) is 29.6 Å². The average molecular weight is 193 g/mol. The van der Waals surface area contributed by atoms with Gasteiger partial charge in [0.05, 0.1) is 5.56 Å². The maximum absolute atomic E-state index is 11.6. The fourth-order valence-corrected chi connectivity index (χ4v) is 1.07. The molecule has 0 saturated carbocycles. The first-order chi connectivity index (χ1) is 6.61. The molecule has 0 spiro atoms. The molecule has 0 aliphatic carbocycles. The first-order valence-electron chi connectivity index (χ1n) is 4.56. The van der Waals surface area contributed by atoms with Crippen molar-refractivity contribution in [3.8, 4) is 0 Å². The van der Waals surface area contributed by atoms with E-state index in [0.717, 1.165) is 5.69 Å². The molecular weight excluding hydrogens is 178 g/mol. The Kier molecular flexibility index (Phi) is 3.59. The van der Waals surface area contributed by atoms with Gasteiger partial charge >= 0.3 is 0 Å². The fourth-order valence-electron chi connectivity index (χ4n) is 1.07. The largest absolute Gasteiger partial charge is 0.350 e. The zero-order valence-corrected chi connectivity index (χ0v) is 8.45. The first kappa shape index (κ1) is 10.7. The maximum Gasteiger partial charge on any atom is 0.253 e. The van der Waals surface area contributed by atoms with Crippen LogP contribution in [0.3, 0.4) is 0 Å². The van der Waals surface area contributed by atoms with Gasteiger partial charge in [-0.3, -0.25) is 9.78 Å². The molecule has 0 fully saturated rings. The SMILES string of the molecule is Cc1ncccc1C(=O)NCC(C)N. The summed E-state index contributed by atoms with van der Waals surface area (Å²) in [6.07, 6.45) is 1.66. The third-order valence-electron chi connectivity index (χ3n) is 1.84. The van der Waals surface area contributed by atoms with Gasteiger partial charge in [-0.2, -0.15) is 0 Å². The molecule has 76 valence electrons. The molecule has 0 saturated heterocycles. The molecule has 0 aromatic carbocycles. The lowest BCUT2D eigenvalue weighted by molar-refractivity contribution is 0.0950. The minimum atomic E-state index is -0.118. The molecular formula is C10H15N3O. The van der Waals surface area contributed by atoms with Crippen molar-refractivity contribution in [1.29, 1.82) is 0 Å². The third-order valence-corrected chi connectivity index (χ3v) is 1.84. The van der Waals surface area contributed by atoms with Crippen molar-refractivity contribution in [1.82, 2.24) is 10.3 Å². The van der Waals surface area contributed by atoms with E-state index >= 15 is 0 Å². The molecule has 4 nitrogen and oxygen atoms in total. The van der Waals surface area contributed by atoms with Crippen molar-refractivity contribution in [2.45, 2.75) is 19.9 Å². The molecule has 1 aromatic rings. The Morgan fingerprint density at radius 1 is 1.71 bits per heavy atom. The molecule has 0 aliphatic rings. The highest BCUT2D eigenvalue weighted by atomic mass is 16.1. The minimum Gasteiger partial charge on any atom is -0.350 e. The lowest BCUT2D eigenvalue weighted by atomic mass is 10.2. The van der Waals surface area contributed by atoms with E-state index in [1.54, 1.807) is 25.3 Å². The Morgan fingerprint density at radius 3 is 3.00 bits per heavy atom. The molecule has 0 radical (unpaired) electrons. The molecule has 0 bridgehead atoms. The monoisotopic (exact) mass is 193 g/mol. The molecule has 1 aromatic heterocycles. The number of carbonyl (C=O) groups excluding carboxylic acids is 1. The van der Waals surface area contributed by atoms with Crippen LogP contribution in [0.15, 0.2) is 18.3 Å². The lowest BCUT2D eigenvalue weighted by Crippen LogP contribution is -2.35. The third kappa shape index (κ3) is 2.81. The Balaban J connectivity index is 2.65. The fraction of sp³-hybridized carbons (Fsp3) is 0.400. The molecule has 14 heavy (non-hydrogen) atoms. The van der Waals surface area contributed by atoms with Gasteiger partial charge in [-0.1, -0.05) is 0 Å². The summed E-state index contributed by atoms with van der Waals surface area (Å²) in [6.45, 7) is 4.13. The van der Waals surface area contributed by atoms with E-state index in [1.807, 2.05) is 6.92 Å². The summed E-state index contributed by atoms with van der Waals surface area (Å²) in [5, 5.41) is 2.74. The summed E-state index contributed by atoms with van der Waals surface area (Å²) in [5.41, 5.74) is 6.86. The highest BCUT2D eigenvalue weighted by molar-refractivity contribution is 5.95. The second kappa shape index (κ2) is 4.72. The van der Waals surface area contributed by atoms with Crippen LogP contribution >= 0.6 is 0 Å². The smallest absolute Gasteiger partial charge is 0.253 e. The van der Waals surface area contributed by atoms with Crippen LogP contribution in [-0.2, 0) is 0 Å². The number of nitrogens with one attached hydrogen (secondary N) is 1. The van der Waals surface area contributed by atoms with Crippen LogP contribution in [0.5, 0.6) is 0 Å². The van der Waals surface area contributed by atoms with E-state index in [-0.39, 0.29) is 11.9 Å². The van der Waals surface area contributed by atoms with Crippen LogP contribution in [0.25, 0.3) is 0 Å². The highest BCUT2D eigenvalue weighted by Gasteiger charge is 2.08. The van der Waals surface area contributed by atoms with Gasteiger partial charge in [-0.15, -0.1) is 0 Å². The summed E-state index contributed by atoms with van der Waals surface area (Å²) in [6, 6.07) is 3.46. The van der Waals surface area contributed by atoms with Crippen molar-refractivity contribution < 1.29 is 4.79 Å². The highest BCUT2D eigenvalue weighted by Crippen LogP contribution is 2.02. The number of pyridine rings is 1. The minimum absolute atomic E-state index is 0.0315. The van der Waals surface area contributed by atoms with Crippen LogP contribution in [-0.4, -0.2) is 23.5 Å². The maximum atomic E-state index is 11.6.